The predicted molar refractivity (Wildman–Crippen MR) is 113 cm³/mol. The topological polar surface area (TPSA) is 66.9 Å². The van der Waals surface area contributed by atoms with Crippen LogP contribution in [-0.4, -0.2) is 56.3 Å². The quantitative estimate of drug-likeness (QED) is 0.726. The summed E-state index contributed by atoms with van der Waals surface area (Å²) >= 11 is 0. The van der Waals surface area contributed by atoms with Crippen molar-refractivity contribution in [3.63, 3.8) is 0 Å². The van der Waals surface area contributed by atoms with Crippen LogP contribution in [-0.2, 0) is 21.2 Å². The van der Waals surface area contributed by atoms with Gasteiger partial charge in [0, 0.05) is 26.2 Å². The summed E-state index contributed by atoms with van der Waals surface area (Å²) < 4.78 is 33.1. The highest BCUT2D eigenvalue weighted by Crippen LogP contribution is 2.22. The molecule has 1 fully saturated rings. The monoisotopic (exact) mass is 416 g/mol. The molecule has 0 N–H and O–H groups in total. The average molecular weight is 417 g/mol. The van der Waals surface area contributed by atoms with Crippen LogP contribution >= 0.6 is 0 Å². The first-order valence-corrected chi connectivity index (χ1v) is 11.3. The maximum atomic E-state index is 13.0. The molecule has 1 saturated heterocycles. The average Bonchev–Trinajstić information content (AvgIpc) is 2.72. The number of benzene rings is 2. The van der Waals surface area contributed by atoms with Crippen LogP contribution in [0.4, 0.5) is 0 Å². The zero-order valence-electron chi connectivity index (χ0n) is 17.2. The molecule has 0 unspecified atom stereocenters. The van der Waals surface area contributed by atoms with Crippen molar-refractivity contribution in [3.8, 4) is 5.75 Å². The summed E-state index contributed by atoms with van der Waals surface area (Å²) in [5.41, 5.74) is 2.83. The van der Waals surface area contributed by atoms with Gasteiger partial charge in [-0.1, -0.05) is 42.8 Å². The Labute approximate surface area is 173 Å². The molecule has 1 amide bonds. The van der Waals surface area contributed by atoms with Gasteiger partial charge in [0.05, 0.1) is 4.90 Å². The molecule has 0 aliphatic carbocycles. The molecule has 156 valence electrons. The predicted octanol–water partition coefficient (Wildman–Crippen LogP) is 2.78. The van der Waals surface area contributed by atoms with E-state index in [1.165, 1.54) is 4.31 Å². The number of carbonyl (C=O) groups is 1. The molecule has 2 aromatic carbocycles. The van der Waals surface area contributed by atoms with E-state index in [1.807, 2.05) is 57.2 Å². The summed E-state index contributed by atoms with van der Waals surface area (Å²) in [6, 6.07) is 13.0. The zero-order valence-corrected chi connectivity index (χ0v) is 18.0. The third-order valence-electron chi connectivity index (χ3n) is 5.24. The van der Waals surface area contributed by atoms with Crippen molar-refractivity contribution in [1.29, 1.82) is 0 Å². The van der Waals surface area contributed by atoms with Crippen LogP contribution in [0.5, 0.6) is 5.75 Å². The number of ether oxygens (including phenoxy) is 1. The summed E-state index contributed by atoms with van der Waals surface area (Å²) in [6.07, 6.45) is 0.833. The maximum Gasteiger partial charge on any atom is 0.260 e. The smallest absolute Gasteiger partial charge is 0.260 e. The highest BCUT2D eigenvalue weighted by atomic mass is 32.2. The van der Waals surface area contributed by atoms with Gasteiger partial charge < -0.3 is 9.64 Å². The van der Waals surface area contributed by atoms with Crippen molar-refractivity contribution in [2.75, 3.05) is 32.8 Å². The number of carbonyl (C=O) groups excluding carboxylic acids is 1. The molecular formula is C22H28N2O4S. The van der Waals surface area contributed by atoms with E-state index in [4.69, 9.17) is 4.74 Å². The Morgan fingerprint density at radius 3 is 2.38 bits per heavy atom. The Morgan fingerprint density at radius 1 is 1.03 bits per heavy atom. The molecular weight excluding hydrogens is 388 g/mol. The molecule has 1 heterocycles. The van der Waals surface area contributed by atoms with Crippen LogP contribution < -0.4 is 4.74 Å². The summed E-state index contributed by atoms with van der Waals surface area (Å²) in [5.74, 6) is 0.596. The molecule has 0 bridgehead atoms. The zero-order chi connectivity index (χ0) is 21.0. The molecule has 1 aliphatic rings. The molecule has 0 atom stereocenters. The van der Waals surface area contributed by atoms with Gasteiger partial charge in [0.25, 0.3) is 5.91 Å². The SMILES string of the molecule is CCc1ccccc1OCC(=O)N1CCN(S(=O)(=O)c2ccc(C)cc2C)CC1. The Balaban J connectivity index is 1.59. The van der Waals surface area contributed by atoms with Gasteiger partial charge in [-0.15, -0.1) is 0 Å². The van der Waals surface area contributed by atoms with E-state index in [1.54, 1.807) is 11.0 Å². The minimum absolute atomic E-state index is 0.0408. The van der Waals surface area contributed by atoms with Gasteiger partial charge in [0.1, 0.15) is 5.75 Å². The van der Waals surface area contributed by atoms with Gasteiger partial charge in [-0.25, -0.2) is 8.42 Å². The second-order valence-corrected chi connectivity index (χ2v) is 9.21. The Bertz CT molecular complexity index is 980. The van der Waals surface area contributed by atoms with Crippen LogP contribution in [0.25, 0.3) is 0 Å². The van der Waals surface area contributed by atoms with E-state index in [-0.39, 0.29) is 25.6 Å². The number of para-hydroxylation sites is 1. The van der Waals surface area contributed by atoms with Gasteiger partial charge in [0.15, 0.2) is 6.61 Å². The Hall–Kier alpha value is -2.38. The van der Waals surface area contributed by atoms with Crippen LogP contribution in [0, 0.1) is 13.8 Å². The van der Waals surface area contributed by atoms with Gasteiger partial charge in [-0.2, -0.15) is 4.31 Å². The fraction of sp³-hybridized carbons (Fsp3) is 0.409. The second kappa shape index (κ2) is 8.97. The van der Waals surface area contributed by atoms with Crippen LogP contribution in [0.1, 0.15) is 23.6 Å². The number of aryl methyl sites for hydroxylation is 3. The standard InChI is InChI=1S/C22H28N2O4S/c1-4-19-7-5-6-8-20(19)28-16-22(25)23-11-13-24(14-12-23)29(26,27)21-10-9-17(2)15-18(21)3/h5-10,15H,4,11-14,16H2,1-3H3. The first-order chi connectivity index (χ1) is 13.8. The minimum Gasteiger partial charge on any atom is -0.483 e. The lowest BCUT2D eigenvalue weighted by Crippen LogP contribution is -2.51. The van der Waals surface area contributed by atoms with Gasteiger partial charge in [-0.3, -0.25) is 4.79 Å². The van der Waals surface area contributed by atoms with Crippen molar-refractivity contribution in [2.45, 2.75) is 32.1 Å². The first kappa shape index (κ1) is 21.3. The summed E-state index contributed by atoms with van der Waals surface area (Å²) in [7, 11) is -3.56. The lowest BCUT2D eigenvalue weighted by atomic mass is 10.1. The Morgan fingerprint density at radius 2 is 1.72 bits per heavy atom. The van der Waals surface area contributed by atoms with Gasteiger partial charge in [-0.05, 0) is 43.5 Å². The molecule has 29 heavy (non-hydrogen) atoms. The van der Waals surface area contributed by atoms with Crippen molar-refractivity contribution < 1.29 is 17.9 Å². The fourth-order valence-electron chi connectivity index (χ4n) is 3.57. The van der Waals surface area contributed by atoms with E-state index in [0.717, 1.165) is 28.9 Å². The van der Waals surface area contributed by atoms with Crippen molar-refractivity contribution in [1.82, 2.24) is 9.21 Å². The van der Waals surface area contributed by atoms with Gasteiger partial charge in [0.2, 0.25) is 10.0 Å². The highest BCUT2D eigenvalue weighted by Gasteiger charge is 2.31. The third-order valence-corrected chi connectivity index (χ3v) is 7.30. The summed E-state index contributed by atoms with van der Waals surface area (Å²) in [5, 5.41) is 0. The summed E-state index contributed by atoms with van der Waals surface area (Å²) in [6.45, 7) is 7.05. The number of piperazine rings is 1. The summed E-state index contributed by atoms with van der Waals surface area (Å²) in [4.78, 5) is 14.5. The number of hydrogen-bond donors (Lipinski definition) is 0. The molecule has 6 nitrogen and oxygen atoms in total. The maximum absolute atomic E-state index is 13.0. The second-order valence-electron chi connectivity index (χ2n) is 7.30. The minimum atomic E-state index is -3.56. The van der Waals surface area contributed by atoms with Crippen molar-refractivity contribution in [2.24, 2.45) is 0 Å². The molecule has 7 heteroatoms. The van der Waals surface area contributed by atoms with Crippen LogP contribution in [0.15, 0.2) is 47.4 Å². The number of nitrogens with zero attached hydrogens (tertiary/aromatic N) is 2. The molecule has 0 radical (unpaired) electrons. The van der Waals surface area contributed by atoms with Crippen LogP contribution in [0.2, 0.25) is 0 Å². The lowest BCUT2D eigenvalue weighted by Gasteiger charge is -2.34. The van der Waals surface area contributed by atoms with Crippen molar-refractivity contribution >= 4 is 15.9 Å². The number of hydrogen-bond acceptors (Lipinski definition) is 4. The molecule has 0 spiro atoms. The third kappa shape index (κ3) is 4.79. The molecule has 0 aromatic heterocycles. The molecule has 1 aliphatic heterocycles. The number of amides is 1. The van der Waals surface area contributed by atoms with E-state index in [9.17, 15) is 13.2 Å². The van der Waals surface area contributed by atoms with E-state index >= 15 is 0 Å². The van der Waals surface area contributed by atoms with E-state index in [0.29, 0.717) is 18.0 Å². The molecule has 2 aromatic rings. The first-order valence-electron chi connectivity index (χ1n) is 9.89. The van der Waals surface area contributed by atoms with Crippen LogP contribution in [0.3, 0.4) is 0 Å². The largest absolute Gasteiger partial charge is 0.483 e. The van der Waals surface area contributed by atoms with Gasteiger partial charge >= 0.3 is 0 Å². The van der Waals surface area contributed by atoms with E-state index in [2.05, 4.69) is 0 Å². The van der Waals surface area contributed by atoms with E-state index < -0.39 is 10.0 Å². The normalized spacial score (nSPS) is 15.3. The fourth-order valence-corrected chi connectivity index (χ4v) is 5.20. The highest BCUT2D eigenvalue weighted by molar-refractivity contribution is 7.89. The number of sulfonamides is 1. The Kier molecular flexibility index (Phi) is 6.59. The lowest BCUT2D eigenvalue weighted by molar-refractivity contribution is -0.134. The number of rotatable bonds is 6. The molecule has 0 saturated carbocycles. The van der Waals surface area contributed by atoms with Crippen molar-refractivity contribution in [3.05, 3.63) is 59.2 Å². The molecule has 3 rings (SSSR count).